The number of phosphoric ester groups is 1. The summed E-state index contributed by atoms with van der Waals surface area (Å²) >= 11 is 0. The second-order valence-electron chi connectivity index (χ2n) is 10.0. The van der Waals surface area contributed by atoms with Crippen LogP contribution in [0.2, 0.25) is 0 Å². The average Bonchev–Trinajstić information content (AvgIpc) is 3.06. The number of hydrogen-bond donors (Lipinski definition) is 0. The Morgan fingerprint density at radius 1 is 0.795 bits per heavy atom. The molecule has 0 bridgehead atoms. The predicted molar refractivity (Wildman–Crippen MR) is 159 cm³/mol. The van der Waals surface area contributed by atoms with Crippen molar-refractivity contribution in [2.75, 3.05) is 6.61 Å². The first kappa shape index (κ1) is 29.9. The minimum absolute atomic E-state index is 0.0989. The molecule has 0 saturated carbocycles. The molecule has 2 fully saturated rings. The standard InChI is InChI=1S/C32H30N3O8P/c33-35-34-28-30(37-21-23-13-5-1-6-14-23)29-27(22-38-31(40-29)24-15-7-2-8-16-24)39-32(28)43-44(36,41-25-17-9-3-10-18-25)42-26-19-11-4-12-20-26/h1-20,27-32H,21-22H2/t27-,28+,29-,30-,31-,32-/m1/s1. The molecule has 44 heavy (non-hydrogen) atoms. The van der Waals surface area contributed by atoms with Crippen molar-refractivity contribution in [3.63, 3.8) is 0 Å². The van der Waals surface area contributed by atoms with Gasteiger partial charge in [0.15, 0.2) is 12.6 Å². The van der Waals surface area contributed by atoms with Crippen LogP contribution in [0.1, 0.15) is 17.4 Å². The number of phosphoric acid groups is 1. The van der Waals surface area contributed by atoms with Gasteiger partial charge in [-0.2, -0.15) is 0 Å². The summed E-state index contributed by atoms with van der Waals surface area (Å²) in [6, 6.07) is 34.8. The highest BCUT2D eigenvalue weighted by atomic mass is 31.2. The molecule has 4 aromatic carbocycles. The Bertz CT molecular complexity index is 1530. The van der Waals surface area contributed by atoms with Crippen molar-refractivity contribution >= 4 is 7.82 Å². The molecule has 0 N–H and O–H groups in total. The molecule has 0 spiro atoms. The summed E-state index contributed by atoms with van der Waals surface area (Å²) in [5.41, 5.74) is 11.3. The fourth-order valence-corrected chi connectivity index (χ4v) is 6.29. The molecule has 226 valence electrons. The van der Waals surface area contributed by atoms with Crippen molar-refractivity contribution in [2.24, 2.45) is 5.11 Å². The molecular weight excluding hydrogens is 585 g/mol. The van der Waals surface area contributed by atoms with E-state index in [1.54, 1.807) is 60.7 Å². The van der Waals surface area contributed by atoms with Gasteiger partial charge in [0, 0.05) is 10.5 Å². The highest BCUT2D eigenvalue weighted by Crippen LogP contribution is 2.52. The summed E-state index contributed by atoms with van der Waals surface area (Å²) in [4.78, 5) is 3.05. The number of benzene rings is 4. The maximum atomic E-state index is 14.3. The Morgan fingerprint density at radius 2 is 1.36 bits per heavy atom. The SMILES string of the molecule is [N-]=[N+]=N[C@@H]1[C@@H](OP(=O)(Oc2ccccc2)Oc2ccccc2)O[C@@H]2CO[C@@H](c3ccccc3)O[C@H]2[C@@H]1OCc1ccccc1. The maximum absolute atomic E-state index is 14.3. The van der Waals surface area contributed by atoms with Gasteiger partial charge in [0.25, 0.3) is 0 Å². The Kier molecular flexibility index (Phi) is 9.55. The predicted octanol–water partition coefficient (Wildman–Crippen LogP) is 7.37. The number of hydrogen-bond acceptors (Lipinski definition) is 9. The van der Waals surface area contributed by atoms with E-state index in [1.165, 1.54) is 0 Å². The Morgan fingerprint density at radius 3 is 1.95 bits per heavy atom. The topological polar surface area (TPSA) is 130 Å². The van der Waals surface area contributed by atoms with Crippen molar-refractivity contribution in [3.05, 3.63) is 143 Å². The van der Waals surface area contributed by atoms with Crippen LogP contribution in [0.4, 0.5) is 0 Å². The summed E-state index contributed by atoms with van der Waals surface area (Å²) in [6.07, 6.45) is -4.45. The van der Waals surface area contributed by atoms with Gasteiger partial charge in [-0.1, -0.05) is 102 Å². The van der Waals surface area contributed by atoms with Gasteiger partial charge in [0.2, 0.25) is 0 Å². The molecule has 0 amide bonds. The van der Waals surface area contributed by atoms with Gasteiger partial charge in [-0.15, -0.1) is 0 Å². The third-order valence-electron chi connectivity index (χ3n) is 7.00. The zero-order valence-corrected chi connectivity index (χ0v) is 24.4. The minimum Gasteiger partial charge on any atom is -0.395 e. The van der Waals surface area contributed by atoms with Gasteiger partial charge in [-0.05, 0) is 35.4 Å². The monoisotopic (exact) mass is 615 g/mol. The molecule has 2 saturated heterocycles. The fourth-order valence-electron chi connectivity index (χ4n) is 4.98. The van der Waals surface area contributed by atoms with E-state index < -0.39 is 44.8 Å². The lowest BCUT2D eigenvalue weighted by molar-refractivity contribution is -0.338. The minimum atomic E-state index is -4.45. The van der Waals surface area contributed by atoms with Gasteiger partial charge in [0.05, 0.1) is 13.2 Å². The highest BCUT2D eigenvalue weighted by Gasteiger charge is 2.53. The van der Waals surface area contributed by atoms with Crippen molar-refractivity contribution in [2.45, 2.75) is 43.5 Å². The van der Waals surface area contributed by atoms with Crippen LogP contribution in [0.15, 0.2) is 126 Å². The van der Waals surface area contributed by atoms with Gasteiger partial charge in [0.1, 0.15) is 35.9 Å². The summed E-state index contributed by atoms with van der Waals surface area (Å²) in [7, 11) is -4.45. The normalized spacial score (nSPS) is 24.8. The van der Waals surface area contributed by atoms with Crippen molar-refractivity contribution in [1.29, 1.82) is 0 Å². The second kappa shape index (κ2) is 14.1. The van der Waals surface area contributed by atoms with E-state index in [0.29, 0.717) is 0 Å². The molecule has 2 heterocycles. The van der Waals surface area contributed by atoms with Crippen molar-refractivity contribution in [1.82, 2.24) is 0 Å². The number of azide groups is 1. The molecular formula is C32H30N3O8P. The smallest absolute Gasteiger partial charge is 0.395 e. The zero-order valence-electron chi connectivity index (χ0n) is 23.5. The largest absolute Gasteiger partial charge is 0.589 e. The molecule has 0 aromatic heterocycles. The van der Waals surface area contributed by atoms with E-state index in [0.717, 1.165) is 11.1 Å². The Hall–Kier alpha value is -4.18. The van der Waals surface area contributed by atoms with E-state index >= 15 is 0 Å². The van der Waals surface area contributed by atoms with Crippen LogP contribution in [0.25, 0.3) is 10.4 Å². The number of fused-ring (bicyclic) bond motifs is 1. The van der Waals surface area contributed by atoms with Crippen LogP contribution in [-0.2, 0) is 34.6 Å². The Labute approximate surface area is 254 Å². The van der Waals surface area contributed by atoms with E-state index in [1.807, 2.05) is 60.7 Å². The molecule has 0 unspecified atom stereocenters. The van der Waals surface area contributed by atoms with Crippen molar-refractivity contribution in [3.8, 4) is 11.5 Å². The first-order valence-electron chi connectivity index (χ1n) is 14.1. The second-order valence-corrected chi connectivity index (χ2v) is 11.5. The third kappa shape index (κ3) is 7.30. The summed E-state index contributed by atoms with van der Waals surface area (Å²) < 4.78 is 56.9. The van der Waals surface area contributed by atoms with E-state index in [-0.39, 0.29) is 24.7 Å². The molecule has 11 nitrogen and oxygen atoms in total. The lowest BCUT2D eigenvalue weighted by atomic mass is 9.96. The van der Waals surface area contributed by atoms with E-state index in [4.69, 9.17) is 32.5 Å². The van der Waals surface area contributed by atoms with Gasteiger partial charge in [-0.3, -0.25) is 0 Å². The fraction of sp³-hybridized carbons (Fsp3) is 0.250. The molecule has 6 atom stereocenters. The maximum Gasteiger partial charge on any atom is 0.589 e. The number of nitrogens with zero attached hydrogens (tertiary/aromatic N) is 3. The molecule has 0 aliphatic carbocycles. The Balaban J connectivity index is 1.31. The molecule has 12 heteroatoms. The van der Waals surface area contributed by atoms with Crippen LogP contribution >= 0.6 is 7.82 Å². The number of rotatable bonds is 11. The first-order valence-corrected chi connectivity index (χ1v) is 15.5. The molecule has 2 aliphatic heterocycles. The molecule has 2 aliphatic rings. The summed E-state index contributed by atoms with van der Waals surface area (Å²) in [5, 5.41) is 4.00. The summed E-state index contributed by atoms with van der Waals surface area (Å²) in [5.74, 6) is 0.486. The quantitative estimate of drug-likeness (QED) is 0.0740. The van der Waals surface area contributed by atoms with Crippen molar-refractivity contribution < 1.29 is 37.1 Å². The first-order chi connectivity index (χ1) is 21.6. The zero-order chi connectivity index (χ0) is 30.2. The lowest BCUT2D eigenvalue weighted by Crippen LogP contribution is -2.62. The van der Waals surface area contributed by atoms with E-state index in [2.05, 4.69) is 10.0 Å². The summed E-state index contributed by atoms with van der Waals surface area (Å²) in [6.45, 7) is 0.277. The van der Waals surface area contributed by atoms with E-state index in [9.17, 15) is 10.1 Å². The number of para-hydroxylation sites is 2. The molecule has 6 rings (SSSR count). The average molecular weight is 616 g/mol. The molecule has 4 aromatic rings. The third-order valence-corrected chi connectivity index (χ3v) is 8.34. The lowest BCUT2D eigenvalue weighted by Gasteiger charge is -2.48. The van der Waals surface area contributed by atoms with Gasteiger partial charge in [-0.25, -0.2) is 9.09 Å². The highest BCUT2D eigenvalue weighted by molar-refractivity contribution is 7.49. The van der Waals surface area contributed by atoms with Crippen LogP contribution < -0.4 is 9.05 Å². The van der Waals surface area contributed by atoms with Gasteiger partial charge >= 0.3 is 7.82 Å². The van der Waals surface area contributed by atoms with Gasteiger partial charge < -0.3 is 28.0 Å². The van der Waals surface area contributed by atoms with Crippen LogP contribution in [0, 0.1) is 0 Å². The number of ether oxygens (including phenoxy) is 4. The van der Waals surface area contributed by atoms with Crippen LogP contribution in [-0.4, -0.2) is 37.3 Å². The van der Waals surface area contributed by atoms with Crippen LogP contribution in [0.5, 0.6) is 11.5 Å². The van der Waals surface area contributed by atoms with Crippen LogP contribution in [0.3, 0.4) is 0 Å². The molecule has 0 radical (unpaired) electrons.